The average molecular weight is 255 g/mol. The molecule has 0 spiro atoms. The van der Waals surface area contributed by atoms with Crippen LogP contribution in [0.2, 0.25) is 0 Å². The van der Waals surface area contributed by atoms with Gasteiger partial charge in [0.2, 0.25) is 5.91 Å². The Morgan fingerprint density at radius 2 is 2.17 bits per heavy atom. The van der Waals surface area contributed by atoms with Crippen LogP contribution >= 0.6 is 0 Å². The summed E-state index contributed by atoms with van der Waals surface area (Å²) in [5.74, 6) is 0.107. The maximum Gasteiger partial charge on any atom is 0.234 e. The fourth-order valence-corrected chi connectivity index (χ4v) is 2.83. The van der Waals surface area contributed by atoms with Crippen molar-refractivity contribution in [2.24, 2.45) is 0 Å². The van der Waals surface area contributed by atoms with Crippen molar-refractivity contribution in [1.29, 1.82) is 0 Å². The molecule has 5 nitrogen and oxygen atoms in total. The van der Waals surface area contributed by atoms with Gasteiger partial charge in [0.15, 0.2) is 0 Å². The largest absolute Gasteiger partial charge is 0.393 e. The van der Waals surface area contributed by atoms with E-state index in [2.05, 4.69) is 15.5 Å². The highest BCUT2D eigenvalue weighted by Gasteiger charge is 2.22. The van der Waals surface area contributed by atoms with Crippen molar-refractivity contribution in [2.45, 2.75) is 44.2 Å². The number of amides is 1. The monoisotopic (exact) mass is 255 g/mol. The molecule has 2 atom stereocenters. The van der Waals surface area contributed by atoms with Crippen molar-refractivity contribution in [2.75, 3.05) is 32.7 Å². The third-order valence-corrected chi connectivity index (χ3v) is 3.81. The van der Waals surface area contributed by atoms with E-state index < -0.39 is 0 Å². The van der Waals surface area contributed by atoms with Crippen molar-refractivity contribution >= 4 is 5.91 Å². The van der Waals surface area contributed by atoms with Gasteiger partial charge >= 0.3 is 0 Å². The van der Waals surface area contributed by atoms with E-state index in [1.807, 2.05) is 0 Å². The third-order valence-electron chi connectivity index (χ3n) is 3.81. The summed E-state index contributed by atoms with van der Waals surface area (Å²) in [5, 5.41) is 16.0. The molecule has 1 aliphatic heterocycles. The molecule has 1 aliphatic carbocycles. The molecule has 5 heteroatoms. The molecule has 1 heterocycles. The lowest BCUT2D eigenvalue weighted by atomic mass is 9.93. The Morgan fingerprint density at radius 3 is 3.00 bits per heavy atom. The lowest BCUT2D eigenvalue weighted by Crippen LogP contribution is -2.45. The summed E-state index contributed by atoms with van der Waals surface area (Å²) in [6.07, 6.45) is 4.49. The maximum atomic E-state index is 11.9. The van der Waals surface area contributed by atoms with Gasteiger partial charge in [-0.25, -0.2) is 0 Å². The van der Waals surface area contributed by atoms with E-state index in [1.54, 1.807) is 0 Å². The van der Waals surface area contributed by atoms with Crippen molar-refractivity contribution in [1.82, 2.24) is 15.5 Å². The molecule has 0 radical (unpaired) electrons. The minimum absolute atomic E-state index is 0.107. The Balaban J connectivity index is 1.70. The van der Waals surface area contributed by atoms with Gasteiger partial charge in [0.25, 0.3) is 0 Å². The molecule has 0 bridgehead atoms. The molecule has 18 heavy (non-hydrogen) atoms. The molecule has 3 N–H and O–H groups in total. The zero-order valence-electron chi connectivity index (χ0n) is 11.0. The van der Waals surface area contributed by atoms with Crippen LogP contribution in [0.4, 0.5) is 0 Å². The number of nitrogens with one attached hydrogen (secondary N) is 2. The van der Waals surface area contributed by atoms with E-state index >= 15 is 0 Å². The number of rotatable bonds is 3. The number of hydrogen-bond donors (Lipinski definition) is 3. The van der Waals surface area contributed by atoms with Gasteiger partial charge in [0.1, 0.15) is 0 Å². The summed E-state index contributed by atoms with van der Waals surface area (Å²) < 4.78 is 0. The second-order valence-corrected chi connectivity index (χ2v) is 5.46. The number of aliphatic hydroxyl groups excluding tert-OH is 1. The molecule has 2 rings (SSSR count). The summed E-state index contributed by atoms with van der Waals surface area (Å²) in [7, 11) is 0. The first-order valence-electron chi connectivity index (χ1n) is 7.14. The number of aliphatic hydroxyl groups is 1. The average Bonchev–Trinajstić information content (AvgIpc) is 2.57. The molecule has 2 aliphatic rings. The molecule has 104 valence electrons. The second-order valence-electron chi connectivity index (χ2n) is 5.46. The van der Waals surface area contributed by atoms with Crippen LogP contribution in [-0.2, 0) is 4.79 Å². The molecule has 2 unspecified atom stereocenters. The van der Waals surface area contributed by atoms with Gasteiger partial charge in [0, 0.05) is 19.1 Å². The lowest BCUT2D eigenvalue weighted by Gasteiger charge is -2.28. The highest BCUT2D eigenvalue weighted by molar-refractivity contribution is 5.78. The molecule has 1 saturated heterocycles. The smallest absolute Gasteiger partial charge is 0.234 e. The molecular formula is C13H25N3O2. The van der Waals surface area contributed by atoms with E-state index in [9.17, 15) is 9.90 Å². The van der Waals surface area contributed by atoms with Crippen LogP contribution in [0.5, 0.6) is 0 Å². The summed E-state index contributed by atoms with van der Waals surface area (Å²) in [6, 6.07) is 0.173. The van der Waals surface area contributed by atoms with Crippen LogP contribution in [0.15, 0.2) is 0 Å². The van der Waals surface area contributed by atoms with Crippen molar-refractivity contribution < 1.29 is 9.90 Å². The third kappa shape index (κ3) is 4.55. The molecule has 0 aromatic carbocycles. The van der Waals surface area contributed by atoms with E-state index in [4.69, 9.17) is 0 Å². The quantitative estimate of drug-likeness (QED) is 0.648. The Bertz CT molecular complexity index is 259. The Kier molecular flexibility index (Phi) is 5.41. The van der Waals surface area contributed by atoms with E-state index in [1.165, 1.54) is 0 Å². The fraction of sp³-hybridized carbons (Fsp3) is 0.923. The van der Waals surface area contributed by atoms with E-state index in [-0.39, 0.29) is 18.1 Å². The minimum atomic E-state index is -0.230. The predicted molar refractivity (Wildman–Crippen MR) is 70.3 cm³/mol. The van der Waals surface area contributed by atoms with Crippen LogP contribution in [0.25, 0.3) is 0 Å². The van der Waals surface area contributed by atoms with Crippen LogP contribution in [-0.4, -0.2) is 60.8 Å². The number of carbonyl (C=O) groups excluding carboxylic acids is 1. The standard InChI is InChI=1S/C13H25N3O2/c17-12-4-1-3-11(9-12)15-13(18)10-16-7-2-5-14-6-8-16/h11-12,14,17H,1-10H2,(H,15,18). The van der Waals surface area contributed by atoms with Gasteiger partial charge in [-0.1, -0.05) is 0 Å². The zero-order chi connectivity index (χ0) is 12.8. The first-order chi connectivity index (χ1) is 8.74. The van der Waals surface area contributed by atoms with Crippen LogP contribution in [0.1, 0.15) is 32.1 Å². The highest BCUT2D eigenvalue weighted by Crippen LogP contribution is 2.18. The molecule has 0 aromatic heterocycles. The van der Waals surface area contributed by atoms with E-state index in [0.29, 0.717) is 13.0 Å². The van der Waals surface area contributed by atoms with Gasteiger partial charge in [-0.05, 0) is 45.2 Å². The molecule has 1 saturated carbocycles. The van der Waals surface area contributed by atoms with E-state index in [0.717, 1.165) is 51.9 Å². The SMILES string of the molecule is O=C(CN1CCCNCC1)NC1CCCC(O)C1. The van der Waals surface area contributed by atoms with Gasteiger partial charge in [-0.3, -0.25) is 9.69 Å². The maximum absolute atomic E-state index is 11.9. The lowest BCUT2D eigenvalue weighted by molar-refractivity contribution is -0.123. The first kappa shape index (κ1) is 13.8. The summed E-state index contributed by atoms with van der Waals surface area (Å²) in [4.78, 5) is 14.1. The van der Waals surface area contributed by atoms with Crippen LogP contribution < -0.4 is 10.6 Å². The van der Waals surface area contributed by atoms with Gasteiger partial charge in [-0.15, -0.1) is 0 Å². The van der Waals surface area contributed by atoms with Crippen molar-refractivity contribution in [3.63, 3.8) is 0 Å². The van der Waals surface area contributed by atoms with Crippen molar-refractivity contribution in [3.8, 4) is 0 Å². The molecule has 0 aromatic rings. The van der Waals surface area contributed by atoms with Gasteiger partial charge in [-0.2, -0.15) is 0 Å². The van der Waals surface area contributed by atoms with Crippen molar-refractivity contribution in [3.05, 3.63) is 0 Å². The normalized spacial score (nSPS) is 30.7. The highest BCUT2D eigenvalue weighted by atomic mass is 16.3. The van der Waals surface area contributed by atoms with Gasteiger partial charge < -0.3 is 15.7 Å². The van der Waals surface area contributed by atoms with Crippen LogP contribution in [0, 0.1) is 0 Å². The predicted octanol–water partition coefficient (Wildman–Crippen LogP) is -0.299. The minimum Gasteiger partial charge on any atom is -0.393 e. The van der Waals surface area contributed by atoms with Crippen LogP contribution in [0.3, 0.4) is 0 Å². The second kappa shape index (κ2) is 7.07. The zero-order valence-corrected chi connectivity index (χ0v) is 11.0. The molecule has 2 fully saturated rings. The summed E-state index contributed by atoms with van der Waals surface area (Å²) in [5.41, 5.74) is 0. The Hall–Kier alpha value is -0.650. The topological polar surface area (TPSA) is 64.6 Å². The first-order valence-corrected chi connectivity index (χ1v) is 7.14. The number of hydrogen-bond acceptors (Lipinski definition) is 4. The Labute approximate surface area is 109 Å². The summed E-state index contributed by atoms with van der Waals surface area (Å²) >= 11 is 0. The molecular weight excluding hydrogens is 230 g/mol. The Morgan fingerprint density at radius 1 is 1.28 bits per heavy atom. The number of nitrogens with zero attached hydrogens (tertiary/aromatic N) is 1. The summed E-state index contributed by atoms with van der Waals surface area (Å²) in [6.45, 7) is 4.45. The number of carbonyl (C=O) groups is 1. The fourth-order valence-electron chi connectivity index (χ4n) is 2.83. The van der Waals surface area contributed by atoms with Gasteiger partial charge in [0.05, 0.1) is 12.6 Å². The molecule has 1 amide bonds.